The highest BCUT2D eigenvalue weighted by Gasteiger charge is 2.35. The van der Waals surface area contributed by atoms with Crippen LogP contribution in [-0.4, -0.2) is 75.3 Å². The second-order valence-electron chi connectivity index (χ2n) is 10.9. The molecule has 2 aromatic rings. The summed E-state index contributed by atoms with van der Waals surface area (Å²) in [5, 5.41) is 2.69. The smallest absolute Gasteiger partial charge is 0.334 e. The Balaban J connectivity index is 1.75. The van der Waals surface area contributed by atoms with Gasteiger partial charge in [0, 0.05) is 31.4 Å². The number of hydrogen-bond donors (Lipinski definition) is 1. The van der Waals surface area contributed by atoms with Gasteiger partial charge < -0.3 is 33.7 Å². The van der Waals surface area contributed by atoms with E-state index in [9.17, 15) is 14.4 Å². The number of benzene rings is 1. The van der Waals surface area contributed by atoms with Crippen LogP contribution in [0.15, 0.2) is 42.6 Å². The molecule has 0 spiro atoms. The number of methoxy groups -OCH3 is 1. The molecule has 11 nitrogen and oxygen atoms in total. The van der Waals surface area contributed by atoms with E-state index in [1.54, 1.807) is 6.92 Å². The lowest BCUT2D eigenvalue weighted by molar-refractivity contribution is -0.155. The van der Waals surface area contributed by atoms with Crippen molar-refractivity contribution in [3.63, 3.8) is 0 Å². The maximum absolute atomic E-state index is 13.4. The lowest BCUT2D eigenvalue weighted by Crippen LogP contribution is -2.46. The van der Waals surface area contributed by atoms with E-state index in [2.05, 4.69) is 36.3 Å². The molecule has 1 amide bonds. The van der Waals surface area contributed by atoms with E-state index in [-0.39, 0.29) is 42.2 Å². The third-order valence-electron chi connectivity index (χ3n) is 7.30. The molecule has 1 aliphatic heterocycles. The van der Waals surface area contributed by atoms with Gasteiger partial charge in [0.2, 0.25) is 6.79 Å². The lowest BCUT2D eigenvalue weighted by atomic mass is 9.80. The average Bonchev–Trinajstić information content (AvgIpc) is 3.04. The van der Waals surface area contributed by atoms with Crippen molar-refractivity contribution in [1.29, 1.82) is 0 Å². The van der Waals surface area contributed by atoms with E-state index < -0.39 is 36.8 Å². The molecule has 1 N–H and O–H groups in total. The molecule has 4 atom stereocenters. The van der Waals surface area contributed by atoms with Crippen molar-refractivity contribution in [2.75, 3.05) is 40.3 Å². The molecule has 1 aromatic carbocycles. The molecule has 0 unspecified atom stereocenters. The number of hydrogen-bond acceptors (Lipinski definition) is 10. The molecule has 2 heterocycles. The number of pyridine rings is 1. The zero-order valence-corrected chi connectivity index (χ0v) is 25.7. The Kier molecular flexibility index (Phi) is 13.7. The predicted molar refractivity (Wildman–Crippen MR) is 158 cm³/mol. The number of ether oxygens (including phenoxy) is 6. The minimum Gasteiger partial charge on any atom is -0.493 e. The Morgan fingerprint density at radius 2 is 1.91 bits per heavy atom. The van der Waals surface area contributed by atoms with Crippen molar-refractivity contribution >= 4 is 17.8 Å². The average molecular weight is 601 g/mol. The highest BCUT2D eigenvalue weighted by Crippen LogP contribution is 2.31. The molecular formula is C32H44N2O9. The van der Waals surface area contributed by atoms with Crippen LogP contribution < -0.4 is 14.8 Å². The largest absolute Gasteiger partial charge is 0.493 e. The first-order valence-electron chi connectivity index (χ1n) is 14.8. The van der Waals surface area contributed by atoms with Crippen LogP contribution in [0.25, 0.3) is 0 Å². The van der Waals surface area contributed by atoms with Crippen LogP contribution in [0.3, 0.4) is 0 Å². The fourth-order valence-corrected chi connectivity index (χ4v) is 4.93. The molecule has 1 aliphatic rings. The standard InChI is InChI=1S/C32H44N2O9/c1-6-39-19-28(35)41-20-42-30-27(38-5)14-15-33-29(30)31(36)34-26-18-40-17-24(13-12-21(2)3)25(22(4)43-32(26)37)16-23-10-8-7-9-11-23/h7-11,14-15,21-22,24-26H,6,12-13,16-20H2,1-5H3,(H,34,36)/t22-,24-,25-,26-/m0/s1. The summed E-state index contributed by atoms with van der Waals surface area (Å²) in [7, 11) is 1.40. The summed E-state index contributed by atoms with van der Waals surface area (Å²) in [4.78, 5) is 42.7. The minimum atomic E-state index is -1.08. The number of rotatable bonds is 14. The summed E-state index contributed by atoms with van der Waals surface area (Å²) in [6.45, 7) is 8.02. The van der Waals surface area contributed by atoms with E-state index in [1.807, 2.05) is 25.1 Å². The number of esters is 2. The van der Waals surface area contributed by atoms with Gasteiger partial charge in [-0.2, -0.15) is 0 Å². The van der Waals surface area contributed by atoms with E-state index in [0.717, 1.165) is 24.8 Å². The number of amides is 1. The summed E-state index contributed by atoms with van der Waals surface area (Å²) < 4.78 is 32.9. The molecule has 1 saturated heterocycles. The maximum atomic E-state index is 13.4. The first-order valence-corrected chi connectivity index (χ1v) is 14.8. The number of nitrogens with zero attached hydrogens (tertiary/aromatic N) is 1. The van der Waals surface area contributed by atoms with Crippen LogP contribution >= 0.6 is 0 Å². The maximum Gasteiger partial charge on any atom is 0.334 e. The van der Waals surface area contributed by atoms with Crippen LogP contribution in [0.4, 0.5) is 0 Å². The van der Waals surface area contributed by atoms with Gasteiger partial charge in [-0.15, -0.1) is 0 Å². The molecule has 0 radical (unpaired) electrons. The Labute approximate surface area is 253 Å². The van der Waals surface area contributed by atoms with Crippen molar-refractivity contribution < 1.29 is 42.8 Å². The van der Waals surface area contributed by atoms with Gasteiger partial charge in [-0.05, 0) is 44.1 Å². The summed E-state index contributed by atoms with van der Waals surface area (Å²) in [5.74, 6) is -1.07. The lowest BCUT2D eigenvalue weighted by Gasteiger charge is -2.31. The van der Waals surface area contributed by atoms with Crippen LogP contribution in [0, 0.1) is 17.8 Å². The van der Waals surface area contributed by atoms with Gasteiger partial charge >= 0.3 is 11.9 Å². The van der Waals surface area contributed by atoms with Gasteiger partial charge in [0.15, 0.2) is 23.2 Å². The Morgan fingerprint density at radius 1 is 1.14 bits per heavy atom. The fraction of sp³-hybridized carbons (Fsp3) is 0.562. The molecule has 236 valence electrons. The van der Waals surface area contributed by atoms with E-state index in [1.165, 1.54) is 19.4 Å². The highest BCUT2D eigenvalue weighted by molar-refractivity contribution is 5.98. The van der Waals surface area contributed by atoms with Gasteiger partial charge in [-0.1, -0.05) is 50.6 Å². The molecule has 1 fully saturated rings. The zero-order chi connectivity index (χ0) is 31.2. The molecule has 43 heavy (non-hydrogen) atoms. The fourth-order valence-electron chi connectivity index (χ4n) is 4.93. The molecule has 0 saturated carbocycles. The first-order chi connectivity index (χ1) is 20.7. The van der Waals surface area contributed by atoms with Gasteiger partial charge in [0.25, 0.3) is 5.91 Å². The quantitative estimate of drug-likeness (QED) is 0.251. The SMILES string of the molecule is CCOCC(=O)OCOc1c(OC)ccnc1C(=O)N[C@H]1COC[C@H](CCC(C)C)[C@@H](Cc2ccccc2)[C@H](C)OC1=O. The summed E-state index contributed by atoms with van der Waals surface area (Å²) in [6, 6.07) is 10.5. The van der Waals surface area contributed by atoms with Gasteiger partial charge in [-0.3, -0.25) is 4.79 Å². The molecule has 11 heteroatoms. The van der Waals surface area contributed by atoms with Crippen molar-refractivity contribution in [3.8, 4) is 11.5 Å². The number of carbonyl (C=O) groups excluding carboxylic acids is 3. The van der Waals surface area contributed by atoms with E-state index in [0.29, 0.717) is 19.1 Å². The summed E-state index contributed by atoms with van der Waals surface area (Å²) >= 11 is 0. The van der Waals surface area contributed by atoms with Crippen molar-refractivity contribution in [3.05, 3.63) is 53.9 Å². The van der Waals surface area contributed by atoms with Crippen molar-refractivity contribution in [2.24, 2.45) is 17.8 Å². The van der Waals surface area contributed by atoms with Crippen LogP contribution in [-0.2, 0) is 35.0 Å². The topological polar surface area (TPSA) is 132 Å². The molecule has 1 aromatic heterocycles. The molecular weight excluding hydrogens is 556 g/mol. The van der Waals surface area contributed by atoms with Gasteiger partial charge in [0.05, 0.1) is 13.7 Å². The third kappa shape index (κ3) is 10.5. The molecule has 0 bridgehead atoms. The van der Waals surface area contributed by atoms with E-state index in [4.69, 9.17) is 28.4 Å². The Morgan fingerprint density at radius 3 is 2.60 bits per heavy atom. The minimum absolute atomic E-state index is 0.0324. The second-order valence-corrected chi connectivity index (χ2v) is 10.9. The van der Waals surface area contributed by atoms with Crippen LogP contribution in [0.5, 0.6) is 11.5 Å². The molecule has 3 rings (SSSR count). The van der Waals surface area contributed by atoms with Crippen molar-refractivity contribution in [1.82, 2.24) is 10.3 Å². The zero-order valence-electron chi connectivity index (χ0n) is 25.7. The van der Waals surface area contributed by atoms with Crippen molar-refractivity contribution in [2.45, 2.75) is 59.1 Å². The number of cyclic esters (lactones) is 1. The van der Waals surface area contributed by atoms with Gasteiger partial charge in [-0.25, -0.2) is 14.6 Å². The predicted octanol–water partition coefficient (Wildman–Crippen LogP) is 3.98. The first kappa shape index (κ1) is 33.8. The third-order valence-corrected chi connectivity index (χ3v) is 7.30. The highest BCUT2D eigenvalue weighted by atomic mass is 16.7. The summed E-state index contributed by atoms with van der Waals surface area (Å²) in [6.07, 6.45) is 3.64. The summed E-state index contributed by atoms with van der Waals surface area (Å²) in [5.41, 5.74) is 1.01. The van der Waals surface area contributed by atoms with E-state index >= 15 is 0 Å². The number of aromatic nitrogens is 1. The van der Waals surface area contributed by atoms with Gasteiger partial charge in [0.1, 0.15) is 12.7 Å². The van der Waals surface area contributed by atoms with Crippen LogP contribution in [0.1, 0.15) is 56.6 Å². The monoisotopic (exact) mass is 600 g/mol. The molecule has 0 aliphatic carbocycles. The number of nitrogens with one attached hydrogen (secondary N) is 1. The Bertz CT molecular complexity index is 1170. The number of carbonyl (C=O) groups is 3. The Hall–Kier alpha value is -3.70. The second kappa shape index (κ2) is 17.4. The normalized spacial score (nSPS) is 20.7. The van der Waals surface area contributed by atoms with Crippen LogP contribution in [0.2, 0.25) is 0 Å².